The van der Waals surface area contributed by atoms with Crippen LogP contribution >= 0.6 is 0 Å². The maximum Gasteiger partial charge on any atom is 0.317 e. The fourth-order valence-corrected chi connectivity index (χ4v) is 2.50. The van der Waals surface area contributed by atoms with E-state index in [1.807, 2.05) is 19.1 Å². The van der Waals surface area contributed by atoms with Gasteiger partial charge in [-0.1, -0.05) is 29.8 Å². The molecule has 0 radical (unpaired) electrons. The van der Waals surface area contributed by atoms with Gasteiger partial charge < -0.3 is 15.1 Å². The zero-order chi connectivity index (χ0) is 16.8. The van der Waals surface area contributed by atoms with E-state index in [1.54, 1.807) is 21.9 Å². The summed E-state index contributed by atoms with van der Waals surface area (Å²) >= 11 is 0. The molecule has 0 spiro atoms. The van der Waals surface area contributed by atoms with Gasteiger partial charge in [-0.3, -0.25) is 9.59 Å². The molecule has 6 heteroatoms. The lowest BCUT2D eigenvalue weighted by molar-refractivity contribution is -0.130. The first kappa shape index (κ1) is 17.0. The number of nitrogens with one attached hydrogen (secondary N) is 1. The Morgan fingerprint density at radius 2 is 1.57 bits per heavy atom. The highest BCUT2D eigenvalue weighted by Crippen LogP contribution is 2.06. The molecule has 124 valence electrons. The van der Waals surface area contributed by atoms with Crippen LogP contribution in [0.25, 0.3) is 0 Å². The molecule has 0 bridgehead atoms. The lowest BCUT2D eigenvalue weighted by Gasteiger charge is -2.34. The van der Waals surface area contributed by atoms with E-state index >= 15 is 0 Å². The van der Waals surface area contributed by atoms with Crippen LogP contribution in [-0.2, 0) is 4.79 Å². The van der Waals surface area contributed by atoms with Gasteiger partial charge in [-0.05, 0) is 6.92 Å². The third-order valence-electron chi connectivity index (χ3n) is 4.01. The predicted octanol–water partition coefficient (Wildman–Crippen LogP) is 1.44. The van der Waals surface area contributed by atoms with Crippen molar-refractivity contribution in [2.75, 3.05) is 32.7 Å². The summed E-state index contributed by atoms with van der Waals surface area (Å²) in [6.45, 7) is 6.00. The second-order valence-corrected chi connectivity index (χ2v) is 5.76. The third kappa shape index (κ3) is 4.81. The SMILES string of the molecule is CC(=O)N1CCN(C(=O)NCCC(=O)c2ccc(C)cc2)CC1. The fraction of sp³-hybridized carbons (Fsp3) is 0.471. The van der Waals surface area contributed by atoms with Crippen molar-refractivity contribution in [3.63, 3.8) is 0 Å². The molecular formula is C17H23N3O3. The van der Waals surface area contributed by atoms with Crippen molar-refractivity contribution < 1.29 is 14.4 Å². The van der Waals surface area contributed by atoms with E-state index in [0.717, 1.165) is 5.56 Å². The maximum absolute atomic E-state index is 12.0. The molecule has 0 aliphatic carbocycles. The molecule has 1 saturated heterocycles. The Morgan fingerprint density at radius 1 is 1.00 bits per heavy atom. The smallest absolute Gasteiger partial charge is 0.317 e. The number of hydrogen-bond acceptors (Lipinski definition) is 3. The zero-order valence-electron chi connectivity index (χ0n) is 13.7. The van der Waals surface area contributed by atoms with E-state index in [0.29, 0.717) is 38.3 Å². The standard InChI is InChI=1S/C17H23N3O3/c1-13-3-5-15(6-4-13)16(22)7-8-18-17(23)20-11-9-19(10-12-20)14(2)21/h3-6H,7-12H2,1-2H3,(H,18,23). The van der Waals surface area contributed by atoms with Gasteiger partial charge in [-0.25, -0.2) is 4.79 Å². The number of aryl methyl sites for hydroxylation is 1. The molecule has 1 aromatic carbocycles. The first-order valence-electron chi connectivity index (χ1n) is 7.85. The van der Waals surface area contributed by atoms with Gasteiger partial charge >= 0.3 is 6.03 Å². The van der Waals surface area contributed by atoms with E-state index in [2.05, 4.69) is 5.32 Å². The number of carbonyl (C=O) groups excluding carboxylic acids is 3. The van der Waals surface area contributed by atoms with Gasteiger partial charge in [0.05, 0.1) is 0 Å². The van der Waals surface area contributed by atoms with Gasteiger partial charge in [0.1, 0.15) is 0 Å². The minimum Gasteiger partial charge on any atom is -0.339 e. The first-order valence-corrected chi connectivity index (χ1v) is 7.85. The molecule has 2 rings (SSSR count). The number of Topliss-reactive ketones (excluding diaryl/α,β-unsaturated/α-hetero) is 1. The van der Waals surface area contributed by atoms with Crippen molar-refractivity contribution >= 4 is 17.7 Å². The summed E-state index contributed by atoms with van der Waals surface area (Å²) in [5.74, 6) is 0.0560. The predicted molar refractivity (Wildman–Crippen MR) is 87.4 cm³/mol. The van der Waals surface area contributed by atoms with Crippen molar-refractivity contribution in [3.8, 4) is 0 Å². The van der Waals surface area contributed by atoms with Gasteiger partial charge in [0, 0.05) is 51.6 Å². The van der Waals surface area contributed by atoms with Crippen LogP contribution in [-0.4, -0.2) is 60.2 Å². The van der Waals surface area contributed by atoms with E-state index in [9.17, 15) is 14.4 Å². The Kier molecular flexibility index (Phi) is 5.73. The average molecular weight is 317 g/mol. The number of benzene rings is 1. The van der Waals surface area contributed by atoms with Crippen molar-refractivity contribution in [2.45, 2.75) is 20.3 Å². The van der Waals surface area contributed by atoms with Crippen LogP contribution in [0.2, 0.25) is 0 Å². The molecule has 1 heterocycles. The highest BCUT2D eigenvalue weighted by Gasteiger charge is 2.22. The van der Waals surface area contributed by atoms with Crippen molar-refractivity contribution in [3.05, 3.63) is 35.4 Å². The number of carbonyl (C=O) groups is 3. The van der Waals surface area contributed by atoms with Gasteiger partial charge in [0.15, 0.2) is 5.78 Å². The van der Waals surface area contributed by atoms with Gasteiger partial charge in [0.2, 0.25) is 5.91 Å². The van der Waals surface area contributed by atoms with E-state index in [4.69, 9.17) is 0 Å². The van der Waals surface area contributed by atoms with Gasteiger partial charge in [-0.15, -0.1) is 0 Å². The molecular weight excluding hydrogens is 294 g/mol. The van der Waals surface area contributed by atoms with E-state index in [1.165, 1.54) is 6.92 Å². The fourth-order valence-electron chi connectivity index (χ4n) is 2.50. The summed E-state index contributed by atoms with van der Waals surface area (Å²) in [5.41, 5.74) is 1.78. The highest BCUT2D eigenvalue weighted by atomic mass is 16.2. The molecule has 1 aromatic rings. The first-order chi connectivity index (χ1) is 11.0. The summed E-state index contributed by atoms with van der Waals surface area (Å²) in [7, 11) is 0. The molecule has 1 aliphatic heterocycles. The molecule has 1 fully saturated rings. The van der Waals surface area contributed by atoms with Gasteiger partial charge in [0.25, 0.3) is 0 Å². The number of nitrogens with zero attached hydrogens (tertiary/aromatic N) is 2. The summed E-state index contributed by atoms with van der Waals surface area (Å²) in [6.07, 6.45) is 0.280. The topological polar surface area (TPSA) is 69.7 Å². The Bertz CT molecular complexity index is 575. The molecule has 23 heavy (non-hydrogen) atoms. The molecule has 0 unspecified atom stereocenters. The number of rotatable bonds is 4. The summed E-state index contributed by atoms with van der Waals surface area (Å²) in [6, 6.07) is 7.24. The minimum atomic E-state index is -0.176. The second kappa shape index (κ2) is 7.76. The van der Waals surface area contributed by atoms with Gasteiger partial charge in [-0.2, -0.15) is 0 Å². The van der Waals surface area contributed by atoms with Crippen molar-refractivity contribution in [2.24, 2.45) is 0 Å². The summed E-state index contributed by atoms with van der Waals surface area (Å²) in [4.78, 5) is 38.7. The number of ketones is 1. The van der Waals surface area contributed by atoms with Crippen LogP contribution in [0.3, 0.4) is 0 Å². The number of amides is 3. The average Bonchev–Trinajstić information content (AvgIpc) is 2.55. The summed E-state index contributed by atoms with van der Waals surface area (Å²) < 4.78 is 0. The molecule has 0 atom stereocenters. The van der Waals surface area contributed by atoms with Crippen molar-refractivity contribution in [1.82, 2.24) is 15.1 Å². The second-order valence-electron chi connectivity index (χ2n) is 5.76. The van der Waals surface area contributed by atoms with Crippen LogP contribution in [0, 0.1) is 6.92 Å². The Morgan fingerprint density at radius 3 is 2.13 bits per heavy atom. The lowest BCUT2D eigenvalue weighted by atomic mass is 10.1. The molecule has 3 amide bonds. The highest BCUT2D eigenvalue weighted by molar-refractivity contribution is 5.96. The van der Waals surface area contributed by atoms with E-state index < -0.39 is 0 Å². The molecule has 0 aromatic heterocycles. The number of piperazine rings is 1. The van der Waals surface area contributed by atoms with Crippen molar-refractivity contribution in [1.29, 1.82) is 0 Å². The molecule has 0 saturated carbocycles. The molecule has 1 aliphatic rings. The quantitative estimate of drug-likeness (QED) is 0.854. The Balaban J connectivity index is 1.72. The molecule has 1 N–H and O–H groups in total. The van der Waals surface area contributed by atoms with Crippen LogP contribution in [0.5, 0.6) is 0 Å². The van der Waals surface area contributed by atoms with E-state index in [-0.39, 0.29) is 24.1 Å². The maximum atomic E-state index is 12.0. The number of urea groups is 1. The minimum absolute atomic E-state index is 0.0201. The lowest BCUT2D eigenvalue weighted by Crippen LogP contribution is -2.52. The summed E-state index contributed by atoms with van der Waals surface area (Å²) in [5, 5.41) is 2.77. The van der Waals surface area contributed by atoms with Crippen LogP contribution in [0.15, 0.2) is 24.3 Å². The van der Waals surface area contributed by atoms with Crippen LogP contribution < -0.4 is 5.32 Å². The largest absolute Gasteiger partial charge is 0.339 e. The Labute approximate surface area is 136 Å². The Hall–Kier alpha value is -2.37. The normalized spacial score (nSPS) is 14.5. The monoisotopic (exact) mass is 317 g/mol. The molecule has 6 nitrogen and oxygen atoms in total. The third-order valence-corrected chi connectivity index (χ3v) is 4.01. The van der Waals surface area contributed by atoms with Crippen LogP contribution in [0.4, 0.5) is 4.79 Å². The number of hydrogen-bond donors (Lipinski definition) is 1. The van der Waals surface area contributed by atoms with Crippen LogP contribution in [0.1, 0.15) is 29.3 Å². The zero-order valence-corrected chi connectivity index (χ0v) is 13.7.